The highest BCUT2D eigenvalue weighted by molar-refractivity contribution is 7.67. The van der Waals surface area contributed by atoms with E-state index in [1.165, 1.54) is 0 Å². The molecular weight excluding hydrogens is 463 g/mol. The molecule has 3 aromatic rings. The van der Waals surface area contributed by atoms with Crippen molar-refractivity contribution in [3.8, 4) is 17.2 Å². The van der Waals surface area contributed by atoms with Gasteiger partial charge in [0.05, 0.1) is 27.9 Å². The highest BCUT2D eigenvalue weighted by Gasteiger charge is 2.39. The van der Waals surface area contributed by atoms with Gasteiger partial charge in [0.25, 0.3) is 7.37 Å². The zero-order valence-corrected chi connectivity index (χ0v) is 22.2. The molecule has 0 fully saturated rings. The normalized spacial score (nSPS) is 13.4. The van der Waals surface area contributed by atoms with Crippen molar-refractivity contribution in [2.75, 3.05) is 52.2 Å². The van der Waals surface area contributed by atoms with Gasteiger partial charge < -0.3 is 29.0 Å². The molecule has 0 heterocycles. The van der Waals surface area contributed by atoms with Gasteiger partial charge >= 0.3 is 0 Å². The minimum absolute atomic E-state index is 0.351. The molecule has 0 aliphatic heterocycles. The Labute approximate surface area is 208 Å². The summed E-state index contributed by atoms with van der Waals surface area (Å²) >= 11 is 0. The zero-order chi connectivity index (χ0) is 25.4. The van der Waals surface area contributed by atoms with Gasteiger partial charge in [-0.2, -0.15) is 0 Å². The van der Waals surface area contributed by atoms with Crippen LogP contribution in [0.15, 0.2) is 66.7 Å². The molecule has 0 saturated heterocycles. The van der Waals surface area contributed by atoms with Crippen LogP contribution in [0.4, 0.5) is 11.4 Å². The van der Waals surface area contributed by atoms with E-state index in [4.69, 9.17) is 18.7 Å². The second-order valence-corrected chi connectivity index (χ2v) is 10.7. The molecule has 3 rings (SSSR count). The average Bonchev–Trinajstić information content (AvgIpc) is 2.90. The van der Waals surface area contributed by atoms with Crippen LogP contribution >= 0.6 is 7.37 Å². The van der Waals surface area contributed by atoms with Gasteiger partial charge in [-0.1, -0.05) is 25.1 Å². The van der Waals surface area contributed by atoms with Crippen molar-refractivity contribution >= 4 is 24.0 Å². The number of nitrogens with zero attached hydrogens (tertiary/aromatic N) is 1. The molecule has 0 spiro atoms. The Balaban J connectivity index is 2.23. The van der Waals surface area contributed by atoms with E-state index in [2.05, 4.69) is 5.32 Å². The maximum absolute atomic E-state index is 14.9. The van der Waals surface area contributed by atoms with Gasteiger partial charge in [0.1, 0.15) is 5.78 Å². The topological polar surface area (TPSA) is 69.3 Å². The standard InChI is InChI=1S/C27H35N2O5P/c1-7-17-34-35(30,23-15-13-22(14-16-23)29(2)3)27(28-21-11-9-8-10-12-21)20-18-24(31-4)26(33-6)25(19-20)32-5/h8-16,18-19,27-28H,7,17H2,1-6H3/t27-,35-/m0/s1. The van der Waals surface area contributed by atoms with Gasteiger partial charge in [-0.25, -0.2) is 0 Å². The molecule has 0 amide bonds. The molecule has 0 bridgehead atoms. The van der Waals surface area contributed by atoms with Crippen molar-refractivity contribution in [3.63, 3.8) is 0 Å². The number of hydrogen-bond acceptors (Lipinski definition) is 7. The first-order valence-electron chi connectivity index (χ1n) is 11.5. The van der Waals surface area contributed by atoms with Crippen LogP contribution in [-0.4, -0.2) is 42.0 Å². The molecule has 7 nitrogen and oxygen atoms in total. The molecular formula is C27H35N2O5P. The number of methoxy groups -OCH3 is 3. The monoisotopic (exact) mass is 498 g/mol. The summed E-state index contributed by atoms with van der Waals surface area (Å²) in [6.07, 6.45) is 0.729. The molecule has 35 heavy (non-hydrogen) atoms. The number of rotatable bonds is 12. The SMILES string of the molecule is CCCO[P@@](=O)(c1ccc(N(C)C)cc1)[C@H](Nc1ccccc1)c1cc(OC)c(OC)c(OC)c1. The first-order valence-corrected chi connectivity index (χ1v) is 13.2. The Bertz CT molecular complexity index is 1110. The van der Waals surface area contributed by atoms with E-state index in [0.29, 0.717) is 34.7 Å². The van der Waals surface area contributed by atoms with E-state index in [-0.39, 0.29) is 0 Å². The average molecular weight is 499 g/mol. The number of para-hydroxylation sites is 1. The fourth-order valence-corrected chi connectivity index (χ4v) is 6.27. The van der Waals surface area contributed by atoms with Crippen LogP contribution in [0.3, 0.4) is 0 Å². The van der Waals surface area contributed by atoms with Crippen molar-refractivity contribution in [1.29, 1.82) is 0 Å². The lowest BCUT2D eigenvalue weighted by atomic mass is 10.1. The Kier molecular flexibility index (Phi) is 9.07. The third-order valence-electron chi connectivity index (χ3n) is 5.63. The maximum atomic E-state index is 14.9. The third-order valence-corrected chi connectivity index (χ3v) is 8.32. The zero-order valence-electron chi connectivity index (χ0n) is 21.3. The van der Waals surface area contributed by atoms with E-state index < -0.39 is 13.2 Å². The van der Waals surface area contributed by atoms with E-state index in [1.807, 2.05) is 92.6 Å². The molecule has 2 atom stereocenters. The largest absolute Gasteiger partial charge is 0.493 e. The predicted molar refractivity (Wildman–Crippen MR) is 143 cm³/mol. The van der Waals surface area contributed by atoms with Crippen molar-refractivity contribution < 1.29 is 23.3 Å². The summed E-state index contributed by atoms with van der Waals surface area (Å²) < 4.78 is 37.8. The number of benzene rings is 3. The minimum Gasteiger partial charge on any atom is -0.493 e. The Hall–Kier alpha value is -3.15. The van der Waals surface area contributed by atoms with Crippen LogP contribution in [0.5, 0.6) is 17.2 Å². The summed E-state index contributed by atoms with van der Waals surface area (Å²) in [7, 11) is 5.12. The maximum Gasteiger partial charge on any atom is 0.258 e. The van der Waals surface area contributed by atoms with Crippen molar-refractivity contribution in [2.45, 2.75) is 19.1 Å². The number of hydrogen-bond donors (Lipinski definition) is 1. The Morgan fingerprint density at radius 2 is 1.49 bits per heavy atom. The van der Waals surface area contributed by atoms with Crippen molar-refractivity contribution in [1.82, 2.24) is 0 Å². The molecule has 0 saturated carbocycles. The fourth-order valence-electron chi connectivity index (χ4n) is 3.80. The van der Waals surface area contributed by atoms with Crippen LogP contribution in [0.25, 0.3) is 0 Å². The smallest absolute Gasteiger partial charge is 0.258 e. The van der Waals surface area contributed by atoms with E-state index in [0.717, 1.165) is 17.8 Å². The second kappa shape index (κ2) is 12.0. The molecule has 3 aromatic carbocycles. The Morgan fingerprint density at radius 3 is 1.97 bits per heavy atom. The number of ether oxygens (including phenoxy) is 3. The first-order chi connectivity index (χ1) is 16.9. The van der Waals surface area contributed by atoms with Crippen molar-refractivity contribution in [3.05, 3.63) is 72.3 Å². The van der Waals surface area contributed by atoms with Crippen LogP contribution in [0, 0.1) is 0 Å². The molecule has 8 heteroatoms. The van der Waals surface area contributed by atoms with Crippen LogP contribution < -0.4 is 29.7 Å². The van der Waals surface area contributed by atoms with E-state index in [1.54, 1.807) is 21.3 Å². The van der Waals surface area contributed by atoms with Gasteiger partial charge in [-0.05, 0) is 60.5 Å². The van der Waals surface area contributed by atoms with Gasteiger partial charge in [0.2, 0.25) is 5.75 Å². The molecule has 0 aliphatic carbocycles. The van der Waals surface area contributed by atoms with Gasteiger partial charge in [0, 0.05) is 30.8 Å². The van der Waals surface area contributed by atoms with Crippen LogP contribution in [0.2, 0.25) is 0 Å². The summed E-state index contributed by atoms with van der Waals surface area (Å²) in [6.45, 7) is 2.35. The third kappa shape index (κ3) is 5.92. The molecule has 0 aliphatic rings. The molecule has 0 unspecified atom stereocenters. The van der Waals surface area contributed by atoms with Crippen LogP contribution in [0.1, 0.15) is 24.7 Å². The minimum atomic E-state index is -3.50. The first kappa shape index (κ1) is 26.5. The number of anilines is 2. The van der Waals surface area contributed by atoms with Gasteiger partial charge in [0.15, 0.2) is 11.5 Å². The summed E-state index contributed by atoms with van der Waals surface area (Å²) in [6, 6.07) is 21.0. The Morgan fingerprint density at radius 1 is 0.886 bits per heavy atom. The summed E-state index contributed by atoms with van der Waals surface area (Å²) in [5.74, 6) is 0.714. The van der Waals surface area contributed by atoms with E-state index in [9.17, 15) is 4.57 Å². The number of nitrogens with one attached hydrogen (secondary N) is 1. The fraction of sp³-hybridized carbons (Fsp3) is 0.333. The molecule has 188 valence electrons. The second-order valence-electron chi connectivity index (χ2n) is 8.21. The van der Waals surface area contributed by atoms with Gasteiger partial charge in [-0.15, -0.1) is 0 Å². The van der Waals surface area contributed by atoms with E-state index >= 15 is 0 Å². The van der Waals surface area contributed by atoms with Gasteiger partial charge in [-0.3, -0.25) is 4.57 Å². The molecule has 0 aromatic heterocycles. The lowest BCUT2D eigenvalue weighted by Crippen LogP contribution is -2.21. The summed E-state index contributed by atoms with van der Waals surface area (Å²) in [4.78, 5) is 2.00. The summed E-state index contributed by atoms with van der Waals surface area (Å²) in [5.41, 5.74) is 2.52. The highest BCUT2D eigenvalue weighted by atomic mass is 31.2. The summed E-state index contributed by atoms with van der Waals surface area (Å²) in [5, 5.41) is 4.09. The molecule has 0 radical (unpaired) electrons. The highest BCUT2D eigenvalue weighted by Crippen LogP contribution is 2.60. The van der Waals surface area contributed by atoms with Crippen LogP contribution in [-0.2, 0) is 9.09 Å². The lowest BCUT2D eigenvalue weighted by Gasteiger charge is -2.31. The lowest BCUT2D eigenvalue weighted by molar-refractivity contribution is 0.314. The quantitative estimate of drug-likeness (QED) is 0.311. The predicted octanol–water partition coefficient (Wildman–Crippen LogP) is 5.92. The van der Waals surface area contributed by atoms with Crippen molar-refractivity contribution in [2.24, 2.45) is 0 Å². The molecule has 1 N–H and O–H groups in total.